The first-order valence-electron chi connectivity index (χ1n) is 7.43. The van der Waals surface area contributed by atoms with Crippen molar-refractivity contribution in [3.8, 4) is 0 Å². The normalized spacial score (nSPS) is 31.1. The number of piperidine rings is 1. The van der Waals surface area contributed by atoms with Crippen molar-refractivity contribution < 1.29 is 4.79 Å². The first-order chi connectivity index (χ1) is 9.13. The number of hydrogen-bond acceptors (Lipinski definition) is 2. The Hall–Kier alpha value is -1.32. The van der Waals surface area contributed by atoms with Crippen LogP contribution in [0.1, 0.15) is 38.1 Å². The average molecular weight is 261 g/mol. The van der Waals surface area contributed by atoms with Crippen LogP contribution in [0, 0.1) is 17.8 Å². The van der Waals surface area contributed by atoms with E-state index in [-0.39, 0.29) is 5.92 Å². The minimum absolute atomic E-state index is 0.158. The van der Waals surface area contributed by atoms with Crippen molar-refractivity contribution in [2.75, 3.05) is 13.1 Å². The molecule has 19 heavy (non-hydrogen) atoms. The minimum atomic E-state index is 0.158. The molecule has 1 amide bonds. The number of rotatable bonds is 1. The van der Waals surface area contributed by atoms with E-state index in [1.165, 1.54) is 12.1 Å². The molecule has 0 spiro atoms. The van der Waals surface area contributed by atoms with Crippen LogP contribution in [0.2, 0.25) is 0 Å². The zero-order chi connectivity index (χ0) is 13.4. The van der Waals surface area contributed by atoms with Crippen LogP contribution in [-0.2, 0) is 17.6 Å². The van der Waals surface area contributed by atoms with Crippen LogP contribution in [0.25, 0.3) is 0 Å². The van der Waals surface area contributed by atoms with Gasteiger partial charge >= 0.3 is 0 Å². The number of amides is 1. The number of likely N-dealkylation sites (tertiary alicyclic amines) is 1. The monoisotopic (exact) mass is 261 g/mol. The van der Waals surface area contributed by atoms with E-state index in [0.29, 0.717) is 17.7 Å². The van der Waals surface area contributed by atoms with Crippen molar-refractivity contribution in [2.24, 2.45) is 17.8 Å². The van der Waals surface area contributed by atoms with E-state index >= 15 is 0 Å². The zero-order valence-electron chi connectivity index (χ0n) is 11.9. The third kappa shape index (κ3) is 2.53. The van der Waals surface area contributed by atoms with Gasteiger partial charge in [-0.15, -0.1) is 0 Å². The molecule has 1 aliphatic carbocycles. The largest absolute Gasteiger partial charge is 0.348 e. The summed E-state index contributed by atoms with van der Waals surface area (Å²) < 4.78 is 0. The van der Waals surface area contributed by atoms with Crippen LogP contribution in [0.5, 0.6) is 0 Å². The number of imidazole rings is 1. The summed E-state index contributed by atoms with van der Waals surface area (Å²) in [6.45, 7) is 6.39. The number of H-pyrrole nitrogens is 1. The number of aryl methyl sites for hydroxylation is 1. The molecule has 0 bridgehead atoms. The van der Waals surface area contributed by atoms with E-state index in [2.05, 4.69) is 28.7 Å². The van der Waals surface area contributed by atoms with Gasteiger partial charge in [-0.1, -0.05) is 13.8 Å². The van der Waals surface area contributed by atoms with Crippen molar-refractivity contribution in [2.45, 2.75) is 39.5 Å². The highest BCUT2D eigenvalue weighted by Crippen LogP contribution is 2.27. The minimum Gasteiger partial charge on any atom is -0.348 e. The highest BCUT2D eigenvalue weighted by molar-refractivity contribution is 5.79. The molecule has 3 rings (SSSR count). The lowest BCUT2D eigenvalue weighted by atomic mass is 9.86. The summed E-state index contributed by atoms with van der Waals surface area (Å²) in [5.74, 6) is 1.79. The van der Waals surface area contributed by atoms with Crippen molar-refractivity contribution in [1.82, 2.24) is 14.9 Å². The topological polar surface area (TPSA) is 49.0 Å². The molecule has 4 heteroatoms. The number of aromatic amines is 1. The van der Waals surface area contributed by atoms with Gasteiger partial charge in [0.1, 0.15) is 0 Å². The molecule has 0 saturated carbocycles. The number of carbonyl (C=O) groups is 1. The summed E-state index contributed by atoms with van der Waals surface area (Å²) in [5.41, 5.74) is 2.33. The van der Waals surface area contributed by atoms with Gasteiger partial charge in [0.2, 0.25) is 5.91 Å². The molecule has 2 aliphatic rings. The van der Waals surface area contributed by atoms with E-state index in [9.17, 15) is 4.79 Å². The molecule has 1 aromatic rings. The molecule has 1 saturated heterocycles. The van der Waals surface area contributed by atoms with E-state index in [1.807, 2.05) is 0 Å². The van der Waals surface area contributed by atoms with E-state index in [1.54, 1.807) is 6.33 Å². The molecule has 4 nitrogen and oxygen atoms in total. The number of nitrogens with one attached hydrogen (secondary N) is 1. The quantitative estimate of drug-likeness (QED) is 0.841. The Balaban J connectivity index is 1.68. The standard InChI is InChI=1S/C15H23N3O/c1-10-5-11(2)8-18(7-10)15(19)12-3-4-13-14(6-12)17-9-16-13/h9-12H,3-8H2,1-2H3,(H,16,17). The van der Waals surface area contributed by atoms with Gasteiger partial charge in [0.05, 0.1) is 12.0 Å². The number of fused-ring (bicyclic) bond motifs is 1. The lowest BCUT2D eigenvalue weighted by molar-refractivity contribution is -0.138. The van der Waals surface area contributed by atoms with E-state index < -0.39 is 0 Å². The van der Waals surface area contributed by atoms with Crippen LogP contribution in [0.3, 0.4) is 0 Å². The Kier molecular flexibility index (Phi) is 3.33. The summed E-state index contributed by atoms with van der Waals surface area (Å²) in [6.07, 6.45) is 5.74. The molecule has 1 aliphatic heterocycles. The van der Waals surface area contributed by atoms with Gasteiger partial charge in [-0.3, -0.25) is 4.79 Å². The third-order valence-electron chi connectivity index (χ3n) is 4.52. The Morgan fingerprint density at radius 3 is 2.84 bits per heavy atom. The summed E-state index contributed by atoms with van der Waals surface area (Å²) in [6, 6.07) is 0. The second kappa shape index (κ2) is 4.99. The van der Waals surface area contributed by atoms with Crippen LogP contribution in [0.4, 0.5) is 0 Å². The molecule has 0 radical (unpaired) electrons. The molecule has 0 aromatic carbocycles. The van der Waals surface area contributed by atoms with Gasteiger partial charge in [0, 0.05) is 31.1 Å². The fraction of sp³-hybridized carbons (Fsp3) is 0.733. The molecule has 3 unspecified atom stereocenters. The summed E-state index contributed by atoms with van der Waals surface area (Å²) in [7, 11) is 0. The second-order valence-corrected chi connectivity index (χ2v) is 6.46. The Labute approximate surface area is 114 Å². The van der Waals surface area contributed by atoms with Crippen molar-refractivity contribution >= 4 is 5.91 Å². The van der Waals surface area contributed by atoms with Gasteiger partial charge in [-0.25, -0.2) is 4.98 Å². The average Bonchev–Trinajstić information content (AvgIpc) is 2.83. The molecule has 2 heterocycles. The number of aromatic nitrogens is 2. The maximum absolute atomic E-state index is 12.7. The lowest BCUT2D eigenvalue weighted by Crippen LogP contribution is -2.46. The molecule has 1 fully saturated rings. The van der Waals surface area contributed by atoms with Crippen LogP contribution in [-0.4, -0.2) is 33.9 Å². The lowest BCUT2D eigenvalue weighted by Gasteiger charge is -2.37. The second-order valence-electron chi connectivity index (χ2n) is 6.46. The summed E-state index contributed by atoms with van der Waals surface area (Å²) in [4.78, 5) is 22.3. The highest BCUT2D eigenvalue weighted by Gasteiger charge is 2.32. The Morgan fingerprint density at radius 1 is 1.37 bits per heavy atom. The predicted octanol–water partition coefficient (Wildman–Crippen LogP) is 2.02. The first-order valence-corrected chi connectivity index (χ1v) is 7.43. The van der Waals surface area contributed by atoms with Gasteiger partial charge < -0.3 is 9.88 Å². The zero-order valence-corrected chi connectivity index (χ0v) is 11.9. The highest BCUT2D eigenvalue weighted by atomic mass is 16.2. The van der Waals surface area contributed by atoms with Gasteiger partial charge in [0.25, 0.3) is 0 Å². The number of hydrogen-bond donors (Lipinski definition) is 1. The van der Waals surface area contributed by atoms with Crippen molar-refractivity contribution in [3.63, 3.8) is 0 Å². The fourth-order valence-electron chi connectivity index (χ4n) is 3.71. The molecular formula is C15H23N3O. The van der Waals surface area contributed by atoms with Crippen molar-refractivity contribution in [1.29, 1.82) is 0 Å². The van der Waals surface area contributed by atoms with Gasteiger partial charge in [-0.05, 0) is 31.1 Å². The molecular weight excluding hydrogens is 238 g/mol. The van der Waals surface area contributed by atoms with Gasteiger partial charge in [-0.2, -0.15) is 0 Å². The molecule has 3 atom stereocenters. The smallest absolute Gasteiger partial charge is 0.226 e. The van der Waals surface area contributed by atoms with Crippen molar-refractivity contribution in [3.05, 3.63) is 17.7 Å². The maximum atomic E-state index is 12.7. The van der Waals surface area contributed by atoms with Crippen LogP contribution >= 0.6 is 0 Å². The van der Waals surface area contributed by atoms with E-state index in [0.717, 1.165) is 38.0 Å². The Morgan fingerprint density at radius 2 is 2.11 bits per heavy atom. The predicted molar refractivity (Wildman–Crippen MR) is 73.6 cm³/mol. The summed E-state index contributed by atoms with van der Waals surface area (Å²) in [5, 5.41) is 0. The van der Waals surface area contributed by atoms with Crippen LogP contribution < -0.4 is 0 Å². The fourth-order valence-corrected chi connectivity index (χ4v) is 3.71. The maximum Gasteiger partial charge on any atom is 0.226 e. The van der Waals surface area contributed by atoms with Gasteiger partial charge in [0.15, 0.2) is 0 Å². The number of carbonyl (C=O) groups excluding carboxylic acids is 1. The third-order valence-corrected chi connectivity index (χ3v) is 4.52. The van der Waals surface area contributed by atoms with Crippen LogP contribution in [0.15, 0.2) is 6.33 Å². The molecule has 104 valence electrons. The Bertz CT molecular complexity index is 458. The van der Waals surface area contributed by atoms with E-state index in [4.69, 9.17) is 0 Å². The molecule has 1 N–H and O–H groups in total. The summed E-state index contributed by atoms with van der Waals surface area (Å²) >= 11 is 0. The first kappa shape index (κ1) is 12.7. The molecule has 1 aromatic heterocycles. The SMILES string of the molecule is CC1CC(C)CN(C(=O)C2CCc3nc[nH]c3C2)C1. The number of nitrogens with zero attached hydrogens (tertiary/aromatic N) is 2.